The number of hydrogen-bond acceptors (Lipinski definition) is 6. The van der Waals surface area contributed by atoms with Crippen molar-refractivity contribution in [3.63, 3.8) is 0 Å². The van der Waals surface area contributed by atoms with Gasteiger partial charge in [-0.15, -0.1) is 12.4 Å². The van der Waals surface area contributed by atoms with Crippen LogP contribution >= 0.6 is 12.4 Å². The molecule has 1 unspecified atom stereocenters. The molecule has 3 heterocycles. The summed E-state index contributed by atoms with van der Waals surface area (Å²) in [7, 11) is 1.58. The van der Waals surface area contributed by atoms with Crippen LogP contribution < -0.4 is 19.5 Å². The summed E-state index contributed by atoms with van der Waals surface area (Å²) in [6.07, 6.45) is 1.04. The van der Waals surface area contributed by atoms with Crippen molar-refractivity contribution in [1.82, 2.24) is 15.1 Å². The number of amides is 1. The Hall–Kier alpha value is -1.70. The second kappa shape index (κ2) is 8.33. The maximum absolute atomic E-state index is 13.0. The van der Waals surface area contributed by atoms with Crippen LogP contribution in [0.2, 0.25) is 0 Å². The first-order valence-electron chi connectivity index (χ1n) is 8.98. The third-order valence-corrected chi connectivity index (χ3v) is 5.19. The molecule has 0 saturated carbocycles. The van der Waals surface area contributed by atoms with Gasteiger partial charge in [-0.2, -0.15) is 0 Å². The molecule has 26 heavy (non-hydrogen) atoms. The van der Waals surface area contributed by atoms with Crippen molar-refractivity contribution in [2.24, 2.45) is 0 Å². The Morgan fingerprint density at radius 3 is 2.73 bits per heavy atom. The van der Waals surface area contributed by atoms with E-state index >= 15 is 0 Å². The van der Waals surface area contributed by atoms with Crippen molar-refractivity contribution in [2.45, 2.75) is 12.5 Å². The standard InChI is InChI=1S/C18H25N3O4.ClH/c1-23-15-10-13(11-16-17(15)25-9-8-24-16)18(22)21-5-2-14(12-21)20-6-3-19-4-7-20;/h10-11,14,19H,2-9,12H2,1H3;1H. The molecule has 1 amide bonds. The molecule has 1 atom stereocenters. The maximum atomic E-state index is 13.0. The number of likely N-dealkylation sites (tertiary alicyclic amines) is 1. The van der Waals surface area contributed by atoms with E-state index in [2.05, 4.69) is 10.2 Å². The van der Waals surface area contributed by atoms with E-state index in [-0.39, 0.29) is 18.3 Å². The maximum Gasteiger partial charge on any atom is 0.254 e. The third-order valence-electron chi connectivity index (χ3n) is 5.19. The van der Waals surface area contributed by atoms with Crippen LogP contribution in [0.4, 0.5) is 0 Å². The van der Waals surface area contributed by atoms with Gasteiger partial charge in [0, 0.05) is 50.9 Å². The Labute approximate surface area is 160 Å². The molecule has 0 aromatic heterocycles. The fourth-order valence-corrected chi connectivity index (χ4v) is 3.85. The van der Waals surface area contributed by atoms with Gasteiger partial charge in [0.15, 0.2) is 11.5 Å². The Balaban J connectivity index is 0.00000196. The van der Waals surface area contributed by atoms with Crippen LogP contribution in [0.25, 0.3) is 0 Å². The van der Waals surface area contributed by atoms with Gasteiger partial charge in [-0.1, -0.05) is 0 Å². The highest BCUT2D eigenvalue weighted by atomic mass is 35.5. The lowest BCUT2D eigenvalue weighted by molar-refractivity contribution is 0.0771. The fourth-order valence-electron chi connectivity index (χ4n) is 3.85. The Kier molecular flexibility index (Phi) is 6.11. The molecule has 3 aliphatic rings. The number of benzene rings is 1. The number of methoxy groups -OCH3 is 1. The second-order valence-corrected chi connectivity index (χ2v) is 6.68. The van der Waals surface area contributed by atoms with Gasteiger partial charge in [0.2, 0.25) is 5.75 Å². The van der Waals surface area contributed by atoms with Crippen LogP contribution in [0.3, 0.4) is 0 Å². The molecule has 0 aliphatic carbocycles. The lowest BCUT2D eigenvalue weighted by Gasteiger charge is -2.32. The third kappa shape index (κ3) is 3.70. The largest absolute Gasteiger partial charge is 0.493 e. The van der Waals surface area contributed by atoms with Crippen LogP contribution in [0.15, 0.2) is 12.1 Å². The van der Waals surface area contributed by atoms with E-state index < -0.39 is 0 Å². The summed E-state index contributed by atoms with van der Waals surface area (Å²) in [5.74, 6) is 1.77. The van der Waals surface area contributed by atoms with Gasteiger partial charge < -0.3 is 24.4 Å². The molecule has 144 valence electrons. The van der Waals surface area contributed by atoms with Crippen LogP contribution in [0.1, 0.15) is 16.8 Å². The van der Waals surface area contributed by atoms with Gasteiger partial charge in [0.05, 0.1) is 7.11 Å². The summed E-state index contributed by atoms with van der Waals surface area (Å²) >= 11 is 0. The summed E-state index contributed by atoms with van der Waals surface area (Å²) < 4.78 is 16.7. The van der Waals surface area contributed by atoms with Crippen LogP contribution in [-0.2, 0) is 0 Å². The number of fused-ring (bicyclic) bond motifs is 1. The van der Waals surface area contributed by atoms with Gasteiger partial charge in [-0.25, -0.2) is 0 Å². The molecular weight excluding hydrogens is 358 g/mol. The summed E-state index contributed by atoms with van der Waals surface area (Å²) in [5, 5.41) is 3.38. The molecule has 2 fully saturated rings. The average Bonchev–Trinajstić information content (AvgIpc) is 3.17. The van der Waals surface area contributed by atoms with E-state index in [1.54, 1.807) is 19.2 Å². The zero-order valence-corrected chi connectivity index (χ0v) is 15.8. The van der Waals surface area contributed by atoms with Crippen molar-refractivity contribution in [2.75, 3.05) is 59.6 Å². The fraction of sp³-hybridized carbons (Fsp3) is 0.611. The number of nitrogens with one attached hydrogen (secondary N) is 1. The molecule has 7 nitrogen and oxygen atoms in total. The smallest absolute Gasteiger partial charge is 0.254 e. The van der Waals surface area contributed by atoms with Crippen LogP contribution in [-0.4, -0.2) is 81.3 Å². The quantitative estimate of drug-likeness (QED) is 0.840. The van der Waals surface area contributed by atoms with Crippen molar-refractivity contribution in [1.29, 1.82) is 0 Å². The molecule has 8 heteroatoms. The number of piperazine rings is 1. The van der Waals surface area contributed by atoms with Gasteiger partial charge >= 0.3 is 0 Å². The highest BCUT2D eigenvalue weighted by Crippen LogP contribution is 2.40. The minimum absolute atomic E-state index is 0. The van der Waals surface area contributed by atoms with E-state index in [0.29, 0.717) is 42.1 Å². The average molecular weight is 384 g/mol. The molecule has 3 aliphatic heterocycles. The lowest BCUT2D eigenvalue weighted by Crippen LogP contribution is -2.49. The first-order chi connectivity index (χ1) is 12.3. The molecule has 1 N–H and O–H groups in total. The normalized spacial score (nSPS) is 22.7. The highest BCUT2D eigenvalue weighted by molar-refractivity contribution is 5.96. The Morgan fingerprint density at radius 2 is 1.96 bits per heavy atom. The molecule has 1 aromatic rings. The first kappa shape index (κ1) is 19.1. The van der Waals surface area contributed by atoms with Crippen LogP contribution in [0.5, 0.6) is 17.2 Å². The van der Waals surface area contributed by atoms with Crippen molar-refractivity contribution in [3.8, 4) is 17.2 Å². The molecule has 0 bridgehead atoms. The monoisotopic (exact) mass is 383 g/mol. The SMILES string of the molecule is COc1cc(C(=O)N2CCC(N3CCNCC3)C2)cc2c1OCCO2.Cl. The zero-order valence-electron chi connectivity index (χ0n) is 15.0. The number of halogens is 1. The number of ether oxygens (including phenoxy) is 3. The van der Waals surface area contributed by atoms with E-state index in [1.807, 2.05) is 4.90 Å². The molecule has 1 aromatic carbocycles. The number of rotatable bonds is 3. The summed E-state index contributed by atoms with van der Waals surface area (Å²) in [4.78, 5) is 17.4. The van der Waals surface area contributed by atoms with E-state index in [9.17, 15) is 4.79 Å². The number of carbonyl (C=O) groups is 1. The Bertz CT molecular complexity index is 634. The van der Waals surface area contributed by atoms with Crippen molar-refractivity contribution < 1.29 is 19.0 Å². The molecule has 0 spiro atoms. The molecule has 4 rings (SSSR count). The van der Waals surface area contributed by atoms with E-state index in [1.165, 1.54) is 0 Å². The second-order valence-electron chi connectivity index (χ2n) is 6.68. The van der Waals surface area contributed by atoms with Gasteiger partial charge in [-0.05, 0) is 18.6 Å². The number of hydrogen-bond donors (Lipinski definition) is 1. The van der Waals surface area contributed by atoms with Crippen molar-refractivity contribution >= 4 is 18.3 Å². The molecular formula is C18H26ClN3O4. The van der Waals surface area contributed by atoms with Gasteiger partial charge in [0.25, 0.3) is 5.91 Å². The zero-order chi connectivity index (χ0) is 17.2. The highest BCUT2D eigenvalue weighted by Gasteiger charge is 2.32. The molecule has 0 radical (unpaired) electrons. The van der Waals surface area contributed by atoms with Crippen molar-refractivity contribution in [3.05, 3.63) is 17.7 Å². The number of nitrogens with zero attached hydrogens (tertiary/aromatic N) is 2. The van der Waals surface area contributed by atoms with E-state index in [0.717, 1.165) is 45.7 Å². The van der Waals surface area contributed by atoms with Crippen LogP contribution in [0, 0.1) is 0 Å². The number of carbonyl (C=O) groups excluding carboxylic acids is 1. The van der Waals surface area contributed by atoms with Gasteiger partial charge in [-0.3, -0.25) is 9.69 Å². The van der Waals surface area contributed by atoms with Gasteiger partial charge in [0.1, 0.15) is 13.2 Å². The summed E-state index contributed by atoms with van der Waals surface area (Å²) in [6.45, 7) is 6.75. The minimum atomic E-state index is 0. The molecule has 2 saturated heterocycles. The summed E-state index contributed by atoms with van der Waals surface area (Å²) in [6, 6.07) is 4.00. The topological polar surface area (TPSA) is 63.3 Å². The predicted octanol–water partition coefficient (Wildman–Crippen LogP) is 1.01. The first-order valence-corrected chi connectivity index (χ1v) is 8.98. The minimum Gasteiger partial charge on any atom is -0.493 e. The lowest BCUT2D eigenvalue weighted by atomic mass is 10.1. The predicted molar refractivity (Wildman–Crippen MR) is 100.0 cm³/mol. The summed E-state index contributed by atoms with van der Waals surface area (Å²) in [5.41, 5.74) is 0.599. The van der Waals surface area contributed by atoms with E-state index in [4.69, 9.17) is 14.2 Å². The Morgan fingerprint density at radius 1 is 1.19 bits per heavy atom.